The fraction of sp³-hybridized carbons (Fsp3) is 0.435. The lowest BCUT2D eigenvalue weighted by atomic mass is 9.99. The summed E-state index contributed by atoms with van der Waals surface area (Å²) in [4.78, 5) is 16.6. The Bertz CT molecular complexity index is 795. The second kappa shape index (κ2) is 8.76. The Hall–Kier alpha value is -2.37. The van der Waals surface area contributed by atoms with Gasteiger partial charge in [-0.3, -0.25) is 4.90 Å². The first kappa shape index (κ1) is 19.0. The third-order valence-electron chi connectivity index (χ3n) is 5.91. The Morgan fingerprint density at radius 2 is 1.82 bits per heavy atom. The van der Waals surface area contributed by atoms with E-state index in [0.29, 0.717) is 19.0 Å². The van der Waals surface area contributed by atoms with Gasteiger partial charge in [-0.25, -0.2) is 4.79 Å². The SMILES string of the molecule is O=C(NCC(O)CN1CCc2ccccc2C1)N1CCC(c2ccccc2)C1. The highest BCUT2D eigenvalue weighted by Gasteiger charge is 2.27. The predicted molar refractivity (Wildman–Crippen MR) is 110 cm³/mol. The van der Waals surface area contributed by atoms with Gasteiger partial charge in [-0.1, -0.05) is 54.6 Å². The summed E-state index contributed by atoms with van der Waals surface area (Å²) < 4.78 is 0. The van der Waals surface area contributed by atoms with E-state index in [1.807, 2.05) is 23.1 Å². The van der Waals surface area contributed by atoms with Crippen molar-refractivity contribution < 1.29 is 9.90 Å². The maximum absolute atomic E-state index is 12.5. The molecule has 2 N–H and O–H groups in total. The summed E-state index contributed by atoms with van der Waals surface area (Å²) >= 11 is 0. The second-order valence-electron chi connectivity index (χ2n) is 7.94. The Kier molecular flexibility index (Phi) is 5.93. The van der Waals surface area contributed by atoms with Gasteiger partial charge in [0.2, 0.25) is 0 Å². The molecule has 5 heteroatoms. The highest BCUT2D eigenvalue weighted by Crippen LogP contribution is 2.26. The molecule has 2 aliphatic rings. The van der Waals surface area contributed by atoms with Crippen LogP contribution < -0.4 is 5.32 Å². The smallest absolute Gasteiger partial charge is 0.317 e. The first-order valence-electron chi connectivity index (χ1n) is 10.2. The highest BCUT2D eigenvalue weighted by atomic mass is 16.3. The van der Waals surface area contributed by atoms with Gasteiger partial charge in [0.1, 0.15) is 0 Å². The molecule has 28 heavy (non-hydrogen) atoms. The number of rotatable bonds is 5. The summed E-state index contributed by atoms with van der Waals surface area (Å²) in [5.41, 5.74) is 4.04. The van der Waals surface area contributed by atoms with Crippen molar-refractivity contribution >= 4 is 6.03 Å². The number of fused-ring (bicyclic) bond motifs is 1. The summed E-state index contributed by atoms with van der Waals surface area (Å²) in [7, 11) is 0. The zero-order valence-electron chi connectivity index (χ0n) is 16.3. The van der Waals surface area contributed by atoms with Gasteiger partial charge in [0, 0.05) is 45.2 Å². The number of hydrogen-bond donors (Lipinski definition) is 2. The minimum absolute atomic E-state index is 0.0681. The molecular weight excluding hydrogens is 350 g/mol. The van der Waals surface area contributed by atoms with E-state index in [2.05, 4.69) is 46.6 Å². The second-order valence-corrected chi connectivity index (χ2v) is 7.94. The number of carbonyl (C=O) groups is 1. The Morgan fingerprint density at radius 1 is 1.07 bits per heavy atom. The van der Waals surface area contributed by atoms with Gasteiger partial charge >= 0.3 is 6.03 Å². The van der Waals surface area contributed by atoms with Crippen molar-refractivity contribution in [3.63, 3.8) is 0 Å². The van der Waals surface area contributed by atoms with Crippen LogP contribution in [0.3, 0.4) is 0 Å². The number of aliphatic hydroxyl groups excluding tert-OH is 1. The number of nitrogens with one attached hydrogen (secondary N) is 1. The zero-order chi connectivity index (χ0) is 19.3. The van der Waals surface area contributed by atoms with Crippen molar-refractivity contribution in [1.82, 2.24) is 15.1 Å². The molecule has 1 fully saturated rings. The summed E-state index contributed by atoms with van der Waals surface area (Å²) in [5, 5.41) is 13.3. The summed E-state index contributed by atoms with van der Waals surface area (Å²) in [6, 6.07) is 18.8. The molecule has 1 saturated heterocycles. The molecule has 2 aromatic carbocycles. The average molecular weight is 380 g/mol. The predicted octanol–water partition coefficient (Wildman–Crippen LogP) is 2.60. The normalized spacial score (nSPS) is 20.6. The number of amides is 2. The molecule has 5 nitrogen and oxygen atoms in total. The van der Waals surface area contributed by atoms with Gasteiger partial charge in [0.15, 0.2) is 0 Å². The lowest BCUT2D eigenvalue weighted by Gasteiger charge is -2.30. The summed E-state index contributed by atoms with van der Waals surface area (Å²) in [6.45, 7) is 4.21. The van der Waals surface area contributed by atoms with Crippen LogP contribution in [0.25, 0.3) is 0 Å². The number of aliphatic hydroxyl groups is 1. The van der Waals surface area contributed by atoms with Crippen LogP contribution in [-0.2, 0) is 13.0 Å². The fourth-order valence-corrected chi connectivity index (χ4v) is 4.33. The van der Waals surface area contributed by atoms with Crippen molar-refractivity contribution in [2.45, 2.75) is 31.4 Å². The van der Waals surface area contributed by atoms with Crippen molar-refractivity contribution in [2.24, 2.45) is 0 Å². The van der Waals surface area contributed by atoms with Crippen LogP contribution in [0.4, 0.5) is 4.79 Å². The lowest BCUT2D eigenvalue weighted by molar-refractivity contribution is 0.104. The van der Waals surface area contributed by atoms with Crippen LogP contribution in [0.2, 0.25) is 0 Å². The molecule has 2 aliphatic heterocycles. The molecule has 0 bridgehead atoms. The van der Waals surface area contributed by atoms with E-state index in [1.165, 1.54) is 16.7 Å². The molecule has 2 amide bonds. The summed E-state index contributed by atoms with van der Waals surface area (Å²) in [5.74, 6) is 0.408. The van der Waals surface area contributed by atoms with Crippen LogP contribution in [0.15, 0.2) is 54.6 Å². The average Bonchev–Trinajstić information content (AvgIpc) is 3.23. The third-order valence-corrected chi connectivity index (χ3v) is 5.91. The van der Waals surface area contributed by atoms with E-state index >= 15 is 0 Å². The third kappa shape index (κ3) is 4.54. The number of carbonyl (C=O) groups excluding carboxylic acids is 1. The van der Waals surface area contributed by atoms with Crippen molar-refractivity contribution in [2.75, 3.05) is 32.7 Å². The monoisotopic (exact) mass is 379 g/mol. The number of nitrogens with zero attached hydrogens (tertiary/aromatic N) is 2. The van der Waals surface area contributed by atoms with Crippen LogP contribution in [-0.4, -0.2) is 59.8 Å². The first-order valence-corrected chi connectivity index (χ1v) is 10.2. The van der Waals surface area contributed by atoms with E-state index < -0.39 is 6.10 Å². The molecule has 2 heterocycles. The van der Waals surface area contributed by atoms with Gasteiger partial charge in [0.25, 0.3) is 0 Å². The van der Waals surface area contributed by atoms with Crippen molar-refractivity contribution in [1.29, 1.82) is 0 Å². The Labute approximate surface area is 167 Å². The molecule has 2 atom stereocenters. The Balaban J connectivity index is 1.21. The van der Waals surface area contributed by atoms with Gasteiger partial charge in [-0.2, -0.15) is 0 Å². The molecule has 148 valence electrons. The van der Waals surface area contributed by atoms with Crippen LogP contribution in [0.5, 0.6) is 0 Å². The number of hydrogen-bond acceptors (Lipinski definition) is 3. The van der Waals surface area contributed by atoms with Gasteiger partial charge < -0.3 is 15.3 Å². The van der Waals surface area contributed by atoms with Crippen LogP contribution >= 0.6 is 0 Å². The lowest BCUT2D eigenvalue weighted by Crippen LogP contribution is -2.45. The molecule has 0 aromatic heterocycles. The van der Waals surface area contributed by atoms with Gasteiger partial charge in [0.05, 0.1) is 6.10 Å². The topological polar surface area (TPSA) is 55.8 Å². The first-order chi connectivity index (χ1) is 13.7. The number of β-amino-alcohol motifs (C(OH)–C–C–N with tert-alkyl or cyclic N) is 1. The minimum Gasteiger partial charge on any atom is -0.390 e. The summed E-state index contributed by atoms with van der Waals surface area (Å²) in [6.07, 6.45) is 1.46. The number of benzene rings is 2. The minimum atomic E-state index is -0.554. The van der Waals surface area contributed by atoms with E-state index in [0.717, 1.165) is 39.0 Å². The van der Waals surface area contributed by atoms with E-state index in [1.54, 1.807) is 0 Å². The highest BCUT2D eigenvalue weighted by molar-refractivity contribution is 5.74. The molecule has 2 aromatic rings. The molecule has 0 spiro atoms. The largest absolute Gasteiger partial charge is 0.390 e. The van der Waals surface area contributed by atoms with Crippen molar-refractivity contribution in [3.8, 4) is 0 Å². The van der Waals surface area contributed by atoms with E-state index in [4.69, 9.17) is 0 Å². The quantitative estimate of drug-likeness (QED) is 0.840. The number of likely N-dealkylation sites (tertiary alicyclic amines) is 1. The number of urea groups is 1. The standard InChI is InChI=1S/C23H29N3O2/c27-22(17-25-12-10-19-8-4-5-9-20(19)15-25)14-24-23(28)26-13-11-21(16-26)18-6-2-1-3-7-18/h1-9,21-22,27H,10-17H2,(H,24,28). The maximum atomic E-state index is 12.5. The molecular formula is C23H29N3O2. The zero-order valence-corrected chi connectivity index (χ0v) is 16.3. The van der Waals surface area contributed by atoms with Gasteiger partial charge in [-0.05, 0) is 29.5 Å². The molecule has 0 saturated carbocycles. The maximum Gasteiger partial charge on any atom is 0.317 e. The Morgan fingerprint density at radius 3 is 2.64 bits per heavy atom. The van der Waals surface area contributed by atoms with Crippen LogP contribution in [0, 0.1) is 0 Å². The molecule has 0 radical (unpaired) electrons. The molecule has 4 rings (SSSR count). The van der Waals surface area contributed by atoms with E-state index in [-0.39, 0.29) is 6.03 Å². The fourth-order valence-electron chi connectivity index (χ4n) is 4.33. The van der Waals surface area contributed by atoms with Gasteiger partial charge in [-0.15, -0.1) is 0 Å². The van der Waals surface area contributed by atoms with E-state index in [9.17, 15) is 9.90 Å². The van der Waals surface area contributed by atoms with Crippen molar-refractivity contribution in [3.05, 3.63) is 71.3 Å². The van der Waals surface area contributed by atoms with Crippen LogP contribution in [0.1, 0.15) is 29.0 Å². The molecule has 0 aliphatic carbocycles. The molecule has 2 unspecified atom stereocenters.